The van der Waals surface area contributed by atoms with Gasteiger partial charge in [0, 0.05) is 121 Å². The van der Waals surface area contributed by atoms with Crippen LogP contribution in [0.3, 0.4) is 0 Å². The van der Waals surface area contributed by atoms with Gasteiger partial charge in [0.2, 0.25) is 14.2 Å². The third-order valence-corrected chi connectivity index (χ3v) is 6.52. The molecule has 0 unspecified atom stereocenters. The summed E-state index contributed by atoms with van der Waals surface area (Å²) in [7, 11) is 56.2. The minimum Gasteiger partial charge on any atom is -0.466 e. The van der Waals surface area contributed by atoms with E-state index in [9.17, 15) is 10.0 Å². The van der Waals surface area contributed by atoms with Gasteiger partial charge in [-0.05, 0) is 19.9 Å². The lowest BCUT2D eigenvalue weighted by molar-refractivity contribution is 0.473. The second-order valence-electron chi connectivity index (χ2n) is 8.87. The van der Waals surface area contributed by atoms with E-state index in [4.69, 9.17) is 69.6 Å². The number of hydrogen-bond donors (Lipinski definition) is 2. The first-order valence-electron chi connectivity index (χ1n) is 10.7. The zero-order valence-electron chi connectivity index (χ0n) is 18.7. The summed E-state index contributed by atoms with van der Waals surface area (Å²) in [5, 5.41) is 20.4. The first kappa shape index (κ1) is 30.0. The van der Waals surface area contributed by atoms with E-state index in [-0.39, 0.29) is 0 Å². The first-order valence-corrected chi connectivity index (χ1v) is 10.7. The molecule has 0 aromatic rings. The normalized spacial score (nSPS) is 13.4. The molecule has 0 fully saturated rings. The standard InChI is InChI=1S/C7H15B21NO2/c1-7-3-5-29(6-4-7)28(26(22(14)15)23(16)17-30)27(24(18(2)31)19(8)9)25(20(10)11)21(12)13/h3,30-31H,4-6H2,1-2H3. The van der Waals surface area contributed by atoms with Crippen LogP contribution in [-0.2, 0) is 0 Å². The van der Waals surface area contributed by atoms with Gasteiger partial charge in [-0.1, -0.05) is 18.5 Å². The smallest absolute Gasteiger partial charge is 0.229 e. The van der Waals surface area contributed by atoms with Crippen molar-refractivity contribution < 1.29 is 10.0 Å². The highest BCUT2D eigenvalue weighted by molar-refractivity contribution is 8.17. The van der Waals surface area contributed by atoms with E-state index >= 15 is 0 Å². The quantitative estimate of drug-likeness (QED) is 0.264. The molecule has 1 aliphatic heterocycles. The van der Waals surface area contributed by atoms with Crippen molar-refractivity contribution in [3.05, 3.63) is 11.6 Å². The molecule has 1 heterocycles. The Kier molecular flexibility index (Phi) is 13.3. The summed E-state index contributed by atoms with van der Waals surface area (Å²) < 4.78 is 0. The van der Waals surface area contributed by atoms with Gasteiger partial charge in [-0.2, -0.15) is 0 Å². The van der Waals surface area contributed by atoms with E-state index in [1.165, 1.54) is 5.57 Å². The molecule has 0 bridgehead atoms. The Balaban J connectivity index is 3.75. The molecule has 0 saturated heterocycles. The number of nitrogens with zero attached hydrogens (tertiary/aromatic N) is 1. The zero-order valence-corrected chi connectivity index (χ0v) is 18.7. The molecule has 0 amide bonds. The average molecular weight is 372 g/mol. The van der Waals surface area contributed by atoms with Gasteiger partial charge in [0.15, 0.2) is 0 Å². The molecule has 0 saturated carbocycles. The number of rotatable bonds is 12. The monoisotopic (exact) mass is 376 g/mol. The van der Waals surface area contributed by atoms with E-state index in [0.717, 1.165) is 13.8 Å². The fourth-order valence-electron chi connectivity index (χ4n) is 4.99. The van der Waals surface area contributed by atoms with Crippen LogP contribution in [0.2, 0.25) is 6.82 Å². The molecular formula is C7H15B21NO2. The van der Waals surface area contributed by atoms with Crippen molar-refractivity contribution in [2.75, 3.05) is 13.1 Å². The van der Waals surface area contributed by atoms with Crippen LogP contribution in [0.25, 0.3) is 0 Å². The van der Waals surface area contributed by atoms with E-state index in [1.54, 1.807) is 6.82 Å². The van der Waals surface area contributed by atoms with Crippen molar-refractivity contribution in [1.29, 1.82) is 0 Å². The van der Waals surface area contributed by atoms with E-state index in [1.807, 2.05) is 6.92 Å². The van der Waals surface area contributed by atoms with Crippen LogP contribution in [0.1, 0.15) is 13.3 Å². The first-order chi connectivity index (χ1) is 14.3. The van der Waals surface area contributed by atoms with Crippen molar-refractivity contribution in [3.63, 3.8) is 0 Å². The third-order valence-electron chi connectivity index (χ3n) is 6.52. The van der Waals surface area contributed by atoms with Crippen LogP contribution in [0, 0.1) is 0 Å². The molecule has 1 aliphatic rings. The van der Waals surface area contributed by atoms with Crippen LogP contribution >= 0.6 is 0 Å². The highest BCUT2D eigenvalue weighted by Crippen LogP contribution is 2.19. The van der Waals surface area contributed by atoms with Gasteiger partial charge in [0.25, 0.3) is 0 Å². The summed E-state index contributed by atoms with van der Waals surface area (Å²) in [6.45, 7) is 3.37. The van der Waals surface area contributed by atoms with E-state index < -0.39 is 70.9 Å². The molecule has 0 aromatic heterocycles. The molecule has 0 aromatic carbocycles. The fourth-order valence-corrected chi connectivity index (χ4v) is 4.99. The van der Waals surface area contributed by atoms with Crippen LogP contribution in [0.4, 0.5) is 0 Å². The maximum absolute atomic E-state index is 10.7. The lowest BCUT2D eigenvalue weighted by Gasteiger charge is -2.49. The highest BCUT2D eigenvalue weighted by atomic mass is 16.2. The maximum atomic E-state index is 10.7. The Morgan fingerprint density at radius 1 is 0.839 bits per heavy atom. The van der Waals surface area contributed by atoms with Crippen LogP contribution < -0.4 is 0 Å². The van der Waals surface area contributed by atoms with Gasteiger partial charge in [0.05, 0.1) is 12.8 Å². The van der Waals surface area contributed by atoms with Crippen LogP contribution in [0.5, 0.6) is 0 Å². The minimum atomic E-state index is -0.946. The molecule has 0 spiro atoms. The predicted octanol–water partition coefficient (Wildman–Crippen LogP) is -7.42. The second-order valence-corrected chi connectivity index (χ2v) is 8.87. The van der Waals surface area contributed by atoms with Crippen molar-refractivity contribution in [3.8, 4) is 0 Å². The van der Waals surface area contributed by atoms with Gasteiger partial charge >= 0.3 is 0 Å². The van der Waals surface area contributed by atoms with Crippen molar-refractivity contribution in [2.24, 2.45) is 0 Å². The molecule has 2 N–H and O–H groups in total. The topological polar surface area (TPSA) is 43.7 Å². The van der Waals surface area contributed by atoms with Crippen molar-refractivity contribution in [2.45, 2.75) is 20.2 Å². The van der Waals surface area contributed by atoms with Crippen LogP contribution in [0.15, 0.2) is 11.6 Å². The summed E-state index contributed by atoms with van der Waals surface area (Å²) in [6, 6.07) is 0. The van der Waals surface area contributed by atoms with Crippen molar-refractivity contribution >= 4 is 148 Å². The fraction of sp³-hybridized carbons (Fsp3) is 0.714. The van der Waals surface area contributed by atoms with Gasteiger partial charge in [0.1, 0.15) is 6.63 Å². The van der Waals surface area contributed by atoms with Gasteiger partial charge in [-0.25, -0.2) is 0 Å². The summed E-state index contributed by atoms with van der Waals surface area (Å²) >= 11 is 0. The Labute approximate surface area is 207 Å². The van der Waals surface area contributed by atoms with Gasteiger partial charge in [-0.3, -0.25) is 0 Å². The summed E-state index contributed by atoms with van der Waals surface area (Å²) in [4.78, 5) is 2.12. The summed E-state index contributed by atoms with van der Waals surface area (Å²) in [5.41, 5.74) is 1.24. The molecule has 19 radical (unpaired) electrons. The third kappa shape index (κ3) is 8.02. The lowest BCUT2D eigenvalue weighted by Crippen LogP contribution is -2.86. The molecule has 1 rings (SSSR count). The average Bonchev–Trinajstić information content (AvgIpc) is 2.64. The van der Waals surface area contributed by atoms with E-state index in [2.05, 4.69) is 10.9 Å². The van der Waals surface area contributed by atoms with Crippen LogP contribution in [-0.4, -0.2) is 176 Å². The Hall–Kier alpha value is 0.984. The van der Waals surface area contributed by atoms with E-state index in [0.29, 0.717) is 13.1 Å². The maximum Gasteiger partial charge on any atom is 0.229 e. The Bertz CT molecular complexity index is 524. The molecule has 0 atom stereocenters. The minimum absolute atomic E-state index is 0.536. The molecule has 31 heavy (non-hydrogen) atoms. The summed E-state index contributed by atoms with van der Waals surface area (Å²) in [6.07, 6.45) is -4.47. The predicted molar refractivity (Wildman–Crippen MR) is 161 cm³/mol. The molecule has 123 valence electrons. The highest BCUT2D eigenvalue weighted by Gasteiger charge is 2.53. The zero-order chi connectivity index (χ0) is 24.0. The van der Waals surface area contributed by atoms with Gasteiger partial charge < -0.3 is 14.9 Å². The Morgan fingerprint density at radius 2 is 1.32 bits per heavy atom. The lowest BCUT2D eigenvalue weighted by atomic mass is 8.40. The van der Waals surface area contributed by atoms with Gasteiger partial charge in [-0.15, -0.1) is 0 Å². The molecule has 0 aliphatic carbocycles. The molecular weight excluding hydrogens is 357 g/mol. The SMILES string of the molecule is [B]B([B])B(B([B])[B])B(B(B([B])[B])B(C)O)B(B(B([B])[B])B([B])[B]O)N1CC=C(C)CC1. The molecule has 3 nitrogen and oxygen atoms in total. The number of hydrogen-bond acceptors (Lipinski definition) is 3. The largest absolute Gasteiger partial charge is 0.466 e. The van der Waals surface area contributed by atoms with Crippen molar-refractivity contribution in [1.82, 2.24) is 4.81 Å². The second kappa shape index (κ2) is 13.8. The molecule has 24 heteroatoms. The Morgan fingerprint density at radius 3 is 1.65 bits per heavy atom. The summed E-state index contributed by atoms with van der Waals surface area (Å²) in [5.74, 6) is 0.